The average Bonchev–Trinajstić information content (AvgIpc) is 2.62. The second-order valence-corrected chi connectivity index (χ2v) is 7.59. The fraction of sp³-hybridized carbons (Fsp3) is 0.333. The lowest BCUT2D eigenvalue weighted by molar-refractivity contribution is -0.125. The highest BCUT2D eigenvalue weighted by atomic mass is 16.6. The Labute approximate surface area is 158 Å². The minimum absolute atomic E-state index is 0.0613. The molecule has 1 aliphatic rings. The van der Waals surface area contributed by atoms with E-state index in [1.165, 1.54) is 0 Å². The largest absolute Gasteiger partial charge is 0.485 e. The number of para-hydroxylation sites is 2. The van der Waals surface area contributed by atoms with Crippen LogP contribution in [0.2, 0.25) is 0 Å². The van der Waals surface area contributed by atoms with E-state index >= 15 is 0 Å². The van der Waals surface area contributed by atoms with Crippen LogP contribution in [-0.2, 0) is 9.59 Å². The third-order valence-electron chi connectivity index (χ3n) is 4.22. The molecule has 6 heteroatoms. The Morgan fingerprint density at radius 3 is 2.41 bits per heavy atom. The Kier molecular flexibility index (Phi) is 5.08. The molecule has 1 aliphatic heterocycles. The summed E-state index contributed by atoms with van der Waals surface area (Å²) in [5, 5.41) is 5.75. The second-order valence-electron chi connectivity index (χ2n) is 7.59. The normalized spacial score (nSPS) is 15.8. The number of carbonyl (C=O) groups is 2. The molecule has 2 N–H and O–H groups in total. The van der Waals surface area contributed by atoms with E-state index in [0.717, 1.165) is 11.3 Å². The smallest absolute Gasteiger partial charge is 0.269 e. The number of rotatable bonds is 3. The molecule has 0 aromatic heterocycles. The van der Waals surface area contributed by atoms with Crippen LogP contribution < -0.4 is 20.1 Å². The molecular weight excluding hydrogens is 344 g/mol. The highest BCUT2D eigenvalue weighted by Gasteiger charge is 2.27. The number of hydrogen-bond donors (Lipinski definition) is 2. The SMILES string of the molecule is Cc1cc(NC(=O)[C@@H]2COc3ccccc3O2)ccc1NC(=O)C(C)(C)C. The van der Waals surface area contributed by atoms with Crippen LogP contribution in [0, 0.1) is 12.3 Å². The van der Waals surface area contributed by atoms with Crippen LogP contribution in [0.25, 0.3) is 0 Å². The predicted molar refractivity (Wildman–Crippen MR) is 104 cm³/mol. The summed E-state index contributed by atoms with van der Waals surface area (Å²) in [6, 6.07) is 12.6. The molecular formula is C21H24N2O4. The third-order valence-corrected chi connectivity index (χ3v) is 4.22. The number of fused-ring (bicyclic) bond motifs is 1. The van der Waals surface area contributed by atoms with E-state index in [4.69, 9.17) is 9.47 Å². The summed E-state index contributed by atoms with van der Waals surface area (Å²) in [6.07, 6.45) is -0.722. The lowest BCUT2D eigenvalue weighted by Crippen LogP contribution is -2.40. The fourth-order valence-electron chi connectivity index (χ4n) is 2.56. The monoisotopic (exact) mass is 368 g/mol. The van der Waals surface area contributed by atoms with E-state index in [2.05, 4.69) is 10.6 Å². The van der Waals surface area contributed by atoms with Crippen molar-refractivity contribution in [2.75, 3.05) is 17.2 Å². The Hall–Kier alpha value is -3.02. The average molecular weight is 368 g/mol. The summed E-state index contributed by atoms with van der Waals surface area (Å²) < 4.78 is 11.3. The summed E-state index contributed by atoms with van der Waals surface area (Å²) in [4.78, 5) is 24.6. The fourth-order valence-corrected chi connectivity index (χ4v) is 2.56. The van der Waals surface area contributed by atoms with Crippen molar-refractivity contribution >= 4 is 23.2 Å². The molecule has 0 saturated carbocycles. The van der Waals surface area contributed by atoms with Crippen molar-refractivity contribution in [2.24, 2.45) is 5.41 Å². The van der Waals surface area contributed by atoms with E-state index in [1.807, 2.05) is 45.9 Å². The summed E-state index contributed by atoms with van der Waals surface area (Å²) in [6.45, 7) is 7.61. The first-order valence-corrected chi connectivity index (χ1v) is 8.85. The predicted octanol–water partition coefficient (Wildman–Crippen LogP) is 3.76. The van der Waals surface area contributed by atoms with Gasteiger partial charge in [0.25, 0.3) is 5.91 Å². The lowest BCUT2D eigenvalue weighted by Gasteiger charge is -2.25. The number of anilines is 2. The molecule has 0 fully saturated rings. The molecule has 0 saturated heterocycles. The molecule has 0 spiro atoms. The molecule has 0 unspecified atom stereocenters. The minimum Gasteiger partial charge on any atom is -0.485 e. The molecule has 3 rings (SSSR count). The van der Waals surface area contributed by atoms with Gasteiger partial charge in [0, 0.05) is 16.8 Å². The molecule has 0 bridgehead atoms. The van der Waals surface area contributed by atoms with Gasteiger partial charge in [-0.15, -0.1) is 0 Å². The van der Waals surface area contributed by atoms with E-state index in [-0.39, 0.29) is 18.4 Å². The van der Waals surface area contributed by atoms with Crippen molar-refractivity contribution in [1.82, 2.24) is 0 Å². The Morgan fingerprint density at radius 2 is 1.74 bits per heavy atom. The van der Waals surface area contributed by atoms with E-state index < -0.39 is 11.5 Å². The van der Waals surface area contributed by atoms with Gasteiger partial charge in [0.1, 0.15) is 6.61 Å². The van der Waals surface area contributed by atoms with Crippen molar-refractivity contribution in [3.8, 4) is 11.5 Å². The van der Waals surface area contributed by atoms with E-state index in [1.54, 1.807) is 24.3 Å². The van der Waals surface area contributed by atoms with Gasteiger partial charge in [-0.05, 0) is 42.8 Å². The van der Waals surface area contributed by atoms with Crippen molar-refractivity contribution in [3.63, 3.8) is 0 Å². The van der Waals surface area contributed by atoms with Gasteiger partial charge in [0.15, 0.2) is 11.5 Å². The van der Waals surface area contributed by atoms with E-state index in [0.29, 0.717) is 17.2 Å². The Bertz CT molecular complexity index is 871. The number of nitrogens with one attached hydrogen (secondary N) is 2. The second kappa shape index (κ2) is 7.31. The van der Waals surface area contributed by atoms with Crippen LogP contribution in [0.5, 0.6) is 11.5 Å². The van der Waals surface area contributed by atoms with Crippen LogP contribution in [0.4, 0.5) is 11.4 Å². The number of amides is 2. The van der Waals surface area contributed by atoms with Gasteiger partial charge in [-0.1, -0.05) is 32.9 Å². The maximum atomic E-state index is 12.5. The molecule has 142 valence electrons. The van der Waals surface area contributed by atoms with Crippen LogP contribution in [0.3, 0.4) is 0 Å². The topological polar surface area (TPSA) is 76.7 Å². The third kappa shape index (κ3) is 4.39. The number of ether oxygens (including phenoxy) is 2. The number of hydrogen-bond acceptors (Lipinski definition) is 4. The van der Waals surface area contributed by atoms with Crippen molar-refractivity contribution in [3.05, 3.63) is 48.0 Å². The van der Waals surface area contributed by atoms with Crippen LogP contribution in [0.15, 0.2) is 42.5 Å². The summed E-state index contributed by atoms with van der Waals surface area (Å²) in [5.74, 6) is 0.848. The number of benzene rings is 2. The summed E-state index contributed by atoms with van der Waals surface area (Å²) >= 11 is 0. The Morgan fingerprint density at radius 1 is 1.04 bits per heavy atom. The van der Waals surface area contributed by atoms with Gasteiger partial charge in [-0.3, -0.25) is 9.59 Å². The van der Waals surface area contributed by atoms with Crippen LogP contribution in [0.1, 0.15) is 26.3 Å². The molecule has 2 amide bonds. The first kappa shape index (κ1) is 18.8. The van der Waals surface area contributed by atoms with Crippen LogP contribution in [-0.4, -0.2) is 24.5 Å². The minimum atomic E-state index is -0.722. The summed E-state index contributed by atoms with van der Waals surface area (Å²) in [5.41, 5.74) is 1.73. The Balaban J connectivity index is 1.65. The molecule has 2 aromatic rings. The zero-order valence-electron chi connectivity index (χ0n) is 16.0. The number of carbonyl (C=O) groups excluding carboxylic acids is 2. The molecule has 1 atom stereocenters. The van der Waals surface area contributed by atoms with Gasteiger partial charge < -0.3 is 20.1 Å². The van der Waals surface area contributed by atoms with E-state index in [9.17, 15) is 9.59 Å². The zero-order chi connectivity index (χ0) is 19.6. The first-order chi connectivity index (χ1) is 12.7. The van der Waals surface area contributed by atoms with Gasteiger partial charge in [-0.2, -0.15) is 0 Å². The molecule has 0 radical (unpaired) electrons. The molecule has 6 nitrogen and oxygen atoms in total. The zero-order valence-corrected chi connectivity index (χ0v) is 16.0. The first-order valence-electron chi connectivity index (χ1n) is 8.85. The lowest BCUT2D eigenvalue weighted by atomic mass is 9.95. The van der Waals surface area contributed by atoms with Gasteiger partial charge in [0.05, 0.1) is 0 Å². The van der Waals surface area contributed by atoms with Crippen molar-refractivity contribution < 1.29 is 19.1 Å². The molecule has 0 aliphatic carbocycles. The maximum absolute atomic E-state index is 12.5. The number of aryl methyl sites for hydroxylation is 1. The van der Waals surface area contributed by atoms with Crippen molar-refractivity contribution in [2.45, 2.75) is 33.8 Å². The molecule has 2 aromatic carbocycles. The van der Waals surface area contributed by atoms with Gasteiger partial charge in [0.2, 0.25) is 12.0 Å². The van der Waals surface area contributed by atoms with Crippen LogP contribution >= 0.6 is 0 Å². The highest BCUT2D eigenvalue weighted by molar-refractivity contribution is 5.97. The summed E-state index contributed by atoms with van der Waals surface area (Å²) in [7, 11) is 0. The molecule has 27 heavy (non-hydrogen) atoms. The standard InChI is InChI=1S/C21H24N2O4/c1-13-11-14(9-10-15(13)23-20(25)21(2,3)4)22-19(24)18-12-26-16-7-5-6-8-17(16)27-18/h5-11,18H,12H2,1-4H3,(H,22,24)(H,23,25)/t18-/m0/s1. The quantitative estimate of drug-likeness (QED) is 0.865. The van der Waals surface area contributed by atoms with Gasteiger partial charge in [-0.25, -0.2) is 0 Å². The highest BCUT2D eigenvalue weighted by Crippen LogP contribution is 2.31. The molecule has 1 heterocycles. The maximum Gasteiger partial charge on any atom is 0.269 e. The van der Waals surface area contributed by atoms with Gasteiger partial charge >= 0.3 is 0 Å². The van der Waals surface area contributed by atoms with Crippen molar-refractivity contribution in [1.29, 1.82) is 0 Å².